The van der Waals surface area contributed by atoms with Crippen LogP contribution in [0.1, 0.15) is 19.3 Å². The molecule has 1 fully saturated rings. The second-order valence-electron chi connectivity index (χ2n) is 6.42. The highest BCUT2D eigenvalue weighted by molar-refractivity contribution is 7.89. The van der Waals surface area contributed by atoms with Crippen LogP contribution in [0.15, 0.2) is 59.5 Å². The fourth-order valence-corrected chi connectivity index (χ4v) is 5.84. The molecule has 0 aliphatic carbocycles. The van der Waals surface area contributed by atoms with Crippen LogP contribution in [-0.2, 0) is 14.8 Å². The first-order valence-electron chi connectivity index (χ1n) is 8.79. The third-order valence-electron chi connectivity index (χ3n) is 4.63. The van der Waals surface area contributed by atoms with Gasteiger partial charge in [-0.3, -0.25) is 4.79 Å². The van der Waals surface area contributed by atoms with Crippen LogP contribution in [0.5, 0.6) is 0 Å². The lowest BCUT2D eigenvalue weighted by Gasteiger charge is -2.33. The van der Waals surface area contributed by atoms with Crippen LogP contribution in [0.2, 0.25) is 0 Å². The van der Waals surface area contributed by atoms with Crippen molar-refractivity contribution in [1.29, 1.82) is 0 Å². The van der Waals surface area contributed by atoms with Gasteiger partial charge in [-0.15, -0.1) is 0 Å². The van der Waals surface area contributed by atoms with Gasteiger partial charge in [-0.2, -0.15) is 4.31 Å². The van der Waals surface area contributed by atoms with Crippen molar-refractivity contribution in [3.63, 3.8) is 0 Å². The van der Waals surface area contributed by atoms with Crippen molar-refractivity contribution >= 4 is 42.6 Å². The number of hydrogen-bond acceptors (Lipinski definition) is 5. The van der Waals surface area contributed by atoms with Gasteiger partial charge in [0.25, 0.3) is 0 Å². The smallest absolute Gasteiger partial charge is 0.244 e. The lowest BCUT2D eigenvalue weighted by molar-refractivity contribution is -0.120. The summed E-state index contributed by atoms with van der Waals surface area (Å²) < 4.78 is 28.4. The molecule has 1 aliphatic rings. The molecule has 2 aromatic carbocycles. The molecule has 6 nitrogen and oxygen atoms in total. The number of benzene rings is 2. The Kier molecular flexibility index (Phi) is 4.94. The summed E-state index contributed by atoms with van der Waals surface area (Å²) >= 11 is 1.38. The largest absolute Gasteiger partial charge is 0.301 e. The fourth-order valence-electron chi connectivity index (χ4n) is 3.30. The first-order valence-corrected chi connectivity index (χ1v) is 11.0. The topological polar surface area (TPSA) is 79.4 Å². The molecule has 1 saturated heterocycles. The molecule has 8 heteroatoms. The normalized spacial score (nSPS) is 18.4. The first kappa shape index (κ1) is 18.1. The fraction of sp³-hybridized carbons (Fsp3) is 0.263. The van der Waals surface area contributed by atoms with Crippen LogP contribution >= 0.6 is 11.3 Å². The van der Waals surface area contributed by atoms with Gasteiger partial charge in [0, 0.05) is 6.54 Å². The summed E-state index contributed by atoms with van der Waals surface area (Å²) in [5, 5.41) is 3.31. The van der Waals surface area contributed by atoms with Crippen molar-refractivity contribution in [3.05, 3.63) is 54.6 Å². The number of aromatic nitrogens is 1. The monoisotopic (exact) mass is 401 g/mol. The number of rotatable bonds is 4. The second kappa shape index (κ2) is 7.38. The van der Waals surface area contributed by atoms with E-state index in [1.807, 2.05) is 24.3 Å². The number of hydrogen-bond donors (Lipinski definition) is 1. The Morgan fingerprint density at radius 1 is 1.07 bits per heavy atom. The van der Waals surface area contributed by atoms with Gasteiger partial charge in [0.2, 0.25) is 15.9 Å². The molecular weight excluding hydrogens is 382 g/mol. The minimum atomic E-state index is -3.72. The minimum Gasteiger partial charge on any atom is -0.301 e. The van der Waals surface area contributed by atoms with Crippen molar-refractivity contribution < 1.29 is 13.2 Å². The molecule has 0 bridgehead atoms. The van der Waals surface area contributed by atoms with Crippen LogP contribution in [0.25, 0.3) is 10.2 Å². The predicted octanol–water partition coefficient (Wildman–Crippen LogP) is 3.48. The van der Waals surface area contributed by atoms with Crippen LogP contribution in [-0.4, -0.2) is 36.2 Å². The molecule has 4 rings (SSSR count). The number of amides is 1. The molecule has 0 spiro atoms. The van der Waals surface area contributed by atoms with Crippen LogP contribution in [0.4, 0.5) is 5.13 Å². The Balaban J connectivity index is 1.59. The molecule has 1 atom stereocenters. The number of piperidine rings is 1. The molecule has 0 saturated carbocycles. The Morgan fingerprint density at radius 2 is 1.81 bits per heavy atom. The molecule has 27 heavy (non-hydrogen) atoms. The second-order valence-corrected chi connectivity index (χ2v) is 9.34. The van der Waals surface area contributed by atoms with E-state index in [-0.39, 0.29) is 10.8 Å². The van der Waals surface area contributed by atoms with Crippen molar-refractivity contribution in [1.82, 2.24) is 9.29 Å². The summed E-state index contributed by atoms with van der Waals surface area (Å²) in [6, 6.07) is 15.2. The van der Waals surface area contributed by atoms with Gasteiger partial charge < -0.3 is 5.32 Å². The standard InChI is InChI=1S/C19H19N3O3S2/c23-18(21-19-20-15-10-4-5-12-17(15)26-19)16-11-6-7-13-22(16)27(24,25)14-8-2-1-3-9-14/h1-5,8-10,12,16H,6-7,11,13H2,(H,20,21,23). The number of para-hydroxylation sites is 1. The molecule has 2 heterocycles. The lowest BCUT2D eigenvalue weighted by Crippen LogP contribution is -2.49. The van der Waals surface area contributed by atoms with Crippen LogP contribution in [0.3, 0.4) is 0 Å². The predicted molar refractivity (Wildman–Crippen MR) is 106 cm³/mol. The summed E-state index contributed by atoms with van der Waals surface area (Å²) in [5.74, 6) is -0.326. The van der Waals surface area contributed by atoms with E-state index in [0.717, 1.165) is 23.1 Å². The Hall–Kier alpha value is -2.29. The average molecular weight is 402 g/mol. The van der Waals surface area contributed by atoms with Crippen molar-refractivity contribution in [2.24, 2.45) is 0 Å². The van der Waals surface area contributed by atoms with Gasteiger partial charge in [0.1, 0.15) is 6.04 Å². The van der Waals surface area contributed by atoms with Gasteiger partial charge in [0.15, 0.2) is 5.13 Å². The number of sulfonamides is 1. The third kappa shape index (κ3) is 3.60. The maximum atomic E-state index is 13.0. The highest BCUT2D eigenvalue weighted by Gasteiger charge is 2.37. The van der Waals surface area contributed by atoms with Crippen LogP contribution in [0, 0.1) is 0 Å². The van der Waals surface area contributed by atoms with E-state index < -0.39 is 16.1 Å². The quantitative estimate of drug-likeness (QED) is 0.726. The van der Waals surface area contributed by atoms with Gasteiger partial charge >= 0.3 is 0 Å². The SMILES string of the molecule is O=C(Nc1nc2ccccc2s1)C1CCCCN1S(=O)(=O)c1ccccc1. The summed E-state index contributed by atoms with van der Waals surface area (Å²) in [6.45, 7) is 0.342. The van der Waals surface area contributed by atoms with Crippen molar-refractivity contribution in [2.75, 3.05) is 11.9 Å². The zero-order chi connectivity index (χ0) is 18.9. The molecule has 1 N–H and O–H groups in total. The van der Waals surface area contributed by atoms with Gasteiger partial charge in [0.05, 0.1) is 15.1 Å². The average Bonchev–Trinajstić information content (AvgIpc) is 3.11. The van der Waals surface area contributed by atoms with Crippen LogP contribution < -0.4 is 5.32 Å². The van der Waals surface area contributed by atoms with E-state index in [2.05, 4.69) is 10.3 Å². The molecule has 3 aromatic rings. The molecule has 1 unspecified atom stereocenters. The molecule has 1 aromatic heterocycles. The van der Waals surface area contributed by atoms with Gasteiger partial charge in [-0.05, 0) is 37.1 Å². The molecular formula is C19H19N3O3S2. The number of nitrogens with one attached hydrogen (secondary N) is 1. The number of carbonyl (C=O) groups excluding carboxylic acids is 1. The highest BCUT2D eigenvalue weighted by Crippen LogP contribution is 2.29. The van der Waals surface area contributed by atoms with E-state index in [4.69, 9.17) is 0 Å². The Morgan fingerprint density at radius 3 is 2.59 bits per heavy atom. The Bertz CT molecular complexity index is 1030. The summed E-state index contributed by atoms with van der Waals surface area (Å²) in [4.78, 5) is 17.5. The van der Waals surface area contributed by atoms with Gasteiger partial charge in [-0.1, -0.05) is 48.1 Å². The molecule has 0 radical (unpaired) electrons. The van der Waals surface area contributed by atoms with E-state index in [1.165, 1.54) is 15.6 Å². The zero-order valence-electron chi connectivity index (χ0n) is 14.5. The summed E-state index contributed by atoms with van der Waals surface area (Å²) in [7, 11) is -3.72. The lowest BCUT2D eigenvalue weighted by atomic mass is 10.0. The van der Waals surface area contributed by atoms with E-state index in [9.17, 15) is 13.2 Å². The summed E-state index contributed by atoms with van der Waals surface area (Å²) in [5.41, 5.74) is 0.815. The first-order chi connectivity index (χ1) is 13.1. The highest BCUT2D eigenvalue weighted by atomic mass is 32.2. The summed E-state index contributed by atoms with van der Waals surface area (Å²) in [6.07, 6.45) is 2.07. The Labute approximate surface area is 161 Å². The zero-order valence-corrected chi connectivity index (χ0v) is 16.2. The van der Waals surface area contributed by atoms with Gasteiger partial charge in [-0.25, -0.2) is 13.4 Å². The number of carbonyl (C=O) groups is 1. The van der Waals surface area contributed by atoms with Crippen molar-refractivity contribution in [3.8, 4) is 0 Å². The molecule has 140 valence electrons. The molecule has 1 aliphatic heterocycles. The third-order valence-corrected chi connectivity index (χ3v) is 7.50. The number of anilines is 1. The maximum absolute atomic E-state index is 13.0. The molecule has 1 amide bonds. The van der Waals surface area contributed by atoms with E-state index >= 15 is 0 Å². The number of fused-ring (bicyclic) bond motifs is 1. The maximum Gasteiger partial charge on any atom is 0.244 e. The number of thiazole rings is 1. The van der Waals surface area contributed by atoms with E-state index in [0.29, 0.717) is 18.1 Å². The number of nitrogens with zero attached hydrogens (tertiary/aromatic N) is 2. The minimum absolute atomic E-state index is 0.213. The van der Waals surface area contributed by atoms with E-state index in [1.54, 1.807) is 30.3 Å². The van der Waals surface area contributed by atoms with Crippen molar-refractivity contribution in [2.45, 2.75) is 30.2 Å².